The molecule has 0 unspecified atom stereocenters. The Morgan fingerprint density at radius 1 is 1.00 bits per heavy atom. The molecule has 9 nitrogen and oxygen atoms in total. The maximum atomic E-state index is 14.5. The number of rotatable bonds is 6. The molecule has 4 aromatic heterocycles. The zero-order chi connectivity index (χ0) is 26.4. The number of nitrogens with zero attached hydrogens (tertiary/aromatic N) is 4. The number of H-pyrrole nitrogens is 2. The van der Waals surface area contributed by atoms with E-state index in [9.17, 15) is 12.8 Å². The van der Waals surface area contributed by atoms with Crippen LogP contribution >= 0.6 is 0 Å². The fourth-order valence-electron chi connectivity index (χ4n) is 4.51. The molecule has 0 amide bonds. The van der Waals surface area contributed by atoms with E-state index >= 15 is 0 Å². The normalized spacial score (nSPS) is 12.0. The Balaban J connectivity index is 1.44. The third-order valence-electron chi connectivity index (χ3n) is 6.33. The number of halogens is 1. The Morgan fingerprint density at radius 2 is 1.87 bits per heavy atom. The van der Waals surface area contributed by atoms with Gasteiger partial charge in [0.1, 0.15) is 17.0 Å². The Labute approximate surface area is 217 Å². The van der Waals surface area contributed by atoms with Crippen molar-refractivity contribution in [2.75, 3.05) is 6.26 Å². The first kappa shape index (κ1) is 23.9. The van der Waals surface area contributed by atoms with E-state index in [-0.39, 0.29) is 6.54 Å². The van der Waals surface area contributed by atoms with Crippen LogP contribution in [0.1, 0.15) is 11.1 Å². The Hall–Kier alpha value is -4.48. The average molecular weight is 528 g/mol. The predicted molar refractivity (Wildman–Crippen MR) is 144 cm³/mol. The van der Waals surface area contributed by atoms with Gasteiger partial charge in [0.2, 0.25) is 10.0 Å². The van der Waals surface area contributed by atoms with Crippen molar-refractivity contribution in [2.45, 2.75) is 13.5 Å². The third kappa shape index (κ3) is 4.53. The van der Waals surface area contributed by atoms with Crippen LogP contribution in [0.25, 0.3) is 55.8 Å². The van der Waals surface area contributed by atoms with Crippen molar-refractivity contribution in [3.63, 3.8) is 0 Å². The van der Waals surface area contributed by atoms with Crippen LogP contribution in [0.3, 0.4) is 0 Å². The fourth-order valence-corrected chi connectivity index (χ4v) is 4.94. The van der Waals surface area contributed by atoms with Crippen molar-refractivity contribution in [2.24, 2.45) is 0 Å². The molecule has 0 aliphatic carbocycles. The van der Waals surface area contributed by atoms with Gasteiger partial charge in [-0.2, -0.15) is 5.10 Å². The molecule has 0 fully saturated rings. The summed E-state index contributed by atoms with van der Waals surface area (Å²) in [7, 11) is -3.42. The molecule has 11 heteroatoms. The highest BCUT2D eigenvalue weighted by molar-refractivity contribution is 7.88. The van der Waals surface area contributed by atoms with Crippen molar-refractivity contribution in [3.8, 4) is 33.8 Å². The Bertz CT molecular complexity index is 1950. The molecular formula is C27H22FN7O2S. The number of nitrogens with one attached hydrogen (secondary N) is 3. The van der Waals surface area contributed by atoms with E-state index < -0.39 is 15.8 Å². The summed E-state index contributed by atoms with van der Waals surface area (Å²) in [6, 6.07) is 14.2. The summed E-state index contributed by atoms with van der Waals surface area (Å²) < 4.78 is 39.9. The van der Waals surface area contributed by atoms with Crippen LogP contribution in [0.4, 0.5) is 4.39 Å². The molecule has 2 aromatic carbocycles. The third-order valence-corrected chi connectivity index (χ3v) is 7.00. The number of pyridine rings is 2. The molecule has 0 aliphatic rings. The summed E-state index contributed by atoms with van der Waals surface area (Å²) in [5.41, 5.74) is 7.41. The molecule has 190 valence electrons. The molecule has 0 atom stereocenters. The molecule has 4 heterocycles. The molecule has 3 N–H and O–H groups in total. The van der Waals surface area contributed by atoms with Gasteiger partial charge in [0.25, 0.3) is 0 Å². The first-order valence-corrected chi connectivity index (χ1v) is 13.6. The van der Waals surface area contributed by atoms with Crippen LogP contribution < -0.4 is 4.72 Å². The van der Waals surface area contributed by atoms with Gasteiger partial charge >= 0.3 is 0 Å². The van der Waals surface area contributed by atoms with E-state index in [0.29, 0.717) is 39.4 Å². The van der Waals surface area contributed by atoms with Crippen molar-refractivity contribution in [1.29, 1.82) is 0 Å². The van der Waals surface area contributed by atoms with Crippen molar-refractivity contribution < 1.29 is 12.8 Å². The molecule has 0 saturated heterocycles. The molecule has 0 aliphatic heterocycles. The predicted octanol–water partition coefficient (Wildman–Crippen LogP) is 4.73. The van der Waals surface area contributed by atoms with Crippen LogP contribution in [0.15, 0.2) is 67.1 Å². The minimum atomic E-state index is -3.42. The fraction of sp³-hybridized carbons (Fsp3) is 0.111. The first-order chi connectivity index (χ1) is 18.2. The molecular weight excluding hydrogens is 505 g/mol. The lowest BCUT2D eigenvalue weighted by Crippen LogP contribution is -2.21. The van der Waals surface area contributed by atoms with Crippen molar-refractivity contribution in [1.82, 2.24) is 34.9 Å². The number of aromatic amines is 2. The molecule has 0 bridgehead atoms. The van der Waals surface area contributed by atoms with E-state index in [2.05, 4.69) is 29.9 Å². The highest BCUT2D eigenvalue weighted by atomic mass is 32.2. The number of fused-ring (bicyclic) bond motifs is 2. The number of hydrogen-bond donors (Lipinski definition) is 3. The number of sulfonamides is 1. The second kappa shape index (κ2) is 9.12. The molecule has 38 heavy (non-hydrogen) atoms. The van der Waals surface area contributed by atoms with Crippen LogP contribution in [0.2, 0.25) is 0 Å². The van der Waals surface area contributed by atoms with Gasteiger partial charge in [0.15, 0.2) is 11.5 Å². The van der Waals surface area contributed by atoms with E-state index in [1.165, 1.54) is 12.1 Å². The van der Waals surface area contributed by atoms with Gasteiger partial charge in [-0.25, -0.2) is 27.5 Å². The van der Waals surface area contributed by atoms with Crippen LogP contribution in [0.5, 0.6) is 0 Å². The van der Waals surface area contributed by atoms with Gasteiger partial charge in [0, 0.05) is 41.6 Å². The highest BCUT2D eigenvalue weighted by Gasteiger charge is 2.17. The van der Waals surface area contributed by atoms with E-state index in [1.807, 2.05) is 37.4 Å². The molecule has 0 spiro atoms. The summed E-state index contributed by atoms with van der Waals surface area (Å²) in [6.07, 6.45) is 6.28. The van der Waals surface area contributed by atoms with E-state index in [4.69, 9.17) is 4.98 Å². The maximum Gasteiger partial charge on any atom is 0.209 e. The largest absolute Gasteiger partial charge is 0.321 e. The quantitative estimate of drug-likeness (QED) is 0.287. The molecule has 6 aromatic rings. The van der Waals surface area contributed by atoms with Gasteiger partial charge in [0.05, 0.1) is 11.8 Å². The van der Waals surface area contributed by atoms with E-state index in [1.54, 1.807) is 24.5 Å². The summed E-state index contributed by atoms with van der Waals surface area (Å²) >= 11 is 0. The first-order valence-electron chi connectivity index (χ1n) is 11.7. The second-order valence-electron chi connectivity index (χ2n) is 9.11. The minimum Gasteiger partial charge on any atom is -0.321 e. The number of benzene rings is 2. The topological polar surface area (TPSA) is 129 Å². The minimum absolute atomic E-state index is 0.0262. The van der Waals surface area contributed by atoms with Crippen LogP contribution in [0, 0.1) is 12.7 Å². The smallest absolute Gasteiger partial charge is 0.209 e. The van der Waals surface area contributed by atoms with Gasteiger partial charge in [-0.3, -0.25) is 10.1 Å². The van der Waals surface area contributed by atoms with Crippen molar-refractivity contribution in [3.05, 3.63) is 84.1 Å². The van der Waals surface area contributed by atoms with E-state index in [0.717, 1.165) is 33.8 Å². The lowest BCUT2D eigenvalue weighted by Gasteiger charge is -2.08. The zero-order valence-corrected chi connectivity index (χ0v) is 21.3. The van der Waals surface area contributed by atoms with Gasteiger partial charge in [-0.15, -0.1) is 0 Å². The number of aromatic nitrogens is 6. The Morgan fingerprint density at radius 3 is 2.68 bits per heavy atom. The SMILES string of the molecule is Cc1ccncc1-c1ccc2[nH]nc(-c3nc4c(-c5cc(F)cc(CNS(C)(=O)=O)c5)ccnc4[nH]3)c2c1. The lowest BCUT2D eigenvalue weighted by molar-refractivity contribution is 0.586. The van der Waals surface area contributed by atoms with Crippen molar-refractivity contribution >= 4 is 32.1 Å². The summed E-state index contributed by atoms with van der Waals surface area (Å²) in [4.78, 5) is 16.7. The van der Waals surface area contributed by atoms with Crippen LogP contribution in [-0.4, -0.2) is 44.8 Å². The second-order valence-corrected chi connectivity index (χ2v) is 10.9. The molecule has 6 rings (SSSR count). The van der Waals surface area contributed by atoms with Gasteiger partial charge in [-0.05, 0) is 71.6 Å². The average Bonchev–Trinajstić information content (AvgIpc) is 3.50. The maximum absolute atomic E-state index is 14.5. The van der Waals surface area contributed by atoms with Crippen LogP contribution in [-0.2, 0) is 16.6 Å². The molecule has 0 radical (unpaired) electrons. The highest BCUT2D eigenvalue weighted by Crippen LogP contribution is 2.33. The van der Waals surface area contributed by atoms with Gasteiger partial charge < -0.3 is 4.98 Å². The zero-order valence-electron chi connectivity index (χ0n) is 20.4. The lowest BCUT2D eigenvalue weighted by atomic mass is 10.0. The number of imidazole rings is 1. The molecule has 0 saturated carbocycles. The summed E-state index contributed by atoms with van der Waals surface area (Å²) in [5.74, 6) is 0.0340. The Kier molecular flexibility index (Phi) is 5.73. The summed E-state index contributed by atoms with van der Waals surface area (Å²) in [6.45, 7) is 2.01. The summed E-state index contributed by atoms with van der Waals surface area (Å²) in [5, 5.41) is 8.45. The standard InChI is InChI=1S/C27H22FN7O2S/c1-15-5-7-29-14-22(15)17-3-4-23-21(12-17)25(35-34-23)27-32-24-20(6-8-30-26(24)33-27)18-9-16(10-19(28)11-18)13-31-38(2,36)37/h3-12,14,31H,13H2,1-2H3,(H,34,35)(H,30,32,33). The number of hydrogen-bond acceptors (Lipinski definition) is 6. The van der Waals surface area contributed by atoms with Gasteiger partial charge in [-0.1, -0.05) is 6.07 Å². The number of aryl methyl sites for hydroxylation is 1. The monoisotopic (exact) mass is 527 g/mol.